The van der Waals surface area contributed by atoms with Crippen molar-refractivity contribution in [2.45, 2.75) is 37.6 Å². The molecule has 0 spiro atoms. The molecule has 1 saturated carbocycles. The van der Waals surface area contributed by atoms with E-state index in [1.807, 2.05) is 43.3 Å². The molecule has 35 heavy (non-hydrogen) atoms. The van der Waals surface area contributed by atoms with Crippen LogP contribution >= 0.6 is 0 Å². The summed E-state index contributed by atoms with van der Waals surface area (Å²) in [6.07, 6.45) is 1.89. The average molecular weight is 480 g/mol. The number of fused-ring (bicyclic) bond motifs is 3. The number of likely N-dealkylation sites (N-methyl/N-ethyl adjacent to an activating group) is 1. The normalized spacial score (nSPS) is 16.5. The maximum absolute atomic E-state index is 12.9. The van der Waals surface area contributed by atoms with E-state index in [1.165, 1.54) is 0 Å². The maximum Gasteiger partial charge on any atom is 0.407 e. The largest absolute Gasteiger partial charge is 0.481 e. The molecule has 2 aliphatic carbocycles. The van der Waals surface area contributed by atoms with Crippen LogP contribution < -0.4 is 10.6 Å². The summed E-state index contributed by atoms with van der Waals surface area (Å²) in [6, 6.07) is 15.4. The number of alkyl carbamates (subject to hydrolysis) is 1. The number of carboxylic acid groups (broad SMARTS) is 1. The second kappa shape index (κ2) is 10.5. The SMILES string of the molecule is CN(C)C[C@H](NC(=O)OCC1c2ccccc2-c2ccccc21)C(=O)NCC1(CC(=O)O)CCC1. The molecule has 0 saturated heterocycles. The van der Waals surface area contributed by atoms with Gasteiger partial charge in [-0.3, -0.25) is 9.59 Å². The van der Waals surface area contributed by atoms with Gasteiger partial charge in [0.1, 0.15) is 12.6 Å². The molecule has 2 aromatic carbocycles. The molecule has 0 bridgehead atoms. The Kier molecular flexibility index (Phi) is 7.40. The minimum Gasteiger partial charge on any atom is -0.481 e. The lowest BCUT2D eigenvalue weighted by Gasteiger charge is -2.41. The summed E-state index contributed by atoms with van der Waals surface area (Å²) in [6.45, 7) is 0.744. The predicted octanol–water partition coefficient (Wildman–Crippen LogP) is 3.22. The van der Waals surface area contributed by atoms with E-state index in [4.69, 9.17) is 4.74 Å². The summed E-state index contributed by atoms with van der Waals surface area (Å²) >= 11 is 0. The summed E-state index contributed by atoms with van der Waals surface area (Å²) in [7, 11) is 3.63. The number of carboxylic acids is 1. The number of nitrogens with one attached hydrogen (secondary N) is 2. The Balaban J connectivity index is 1.37. The predicted molar refractivity (Wildman–Crippen MR) is 132 cm³/mol. The van der Waals surface area contributed by atoms with Gasteiger partial charge in [0.15, 0.2) is 0 Å². The molecule has 4 rings (SSSR count). The van der Waals surface area contributed by atoms with Crippen molar-refractivity contribution in [3.05, 3.63) is 59.7 Å². The van der Waals surface area contributed by atoms with Gasteiger partial charge in [-0.1, -0.05) is 55.0 Å². The number of benzene rings is 2. The van der Waals surface area contributed by atoms with E-state index in [2.05, 4.69) is 34.9 Å². The molecule has 0 aliphatic heterocycles. The molecule has 8 heteroatoms. The van der Waals surface area contributed by atoms with Crippen LogP contribution in [-0.4, -0.2) is 67.8 Å². The lowest BCUT2D eigenvalue weighted by Crippen LogP contribution is -2.54. The van der Waals surface area contributed by atoms with Crippen LogP contribution in [0, 0.1) is 5.41 Å². The van der Waals surface area contributed by atoms with Gasteiger partial charge in [0.25, 0.3) is 0 Å². The number of nitrogens with zero attached hydrogens (tertiary/aromatic N) is 1. The first-order valence-electron chi connectivity index (χ1n) is 12.0. The first kappa shape index (κ1) is 24.7. The fourth-order valence-electron chi connectivity index (χ4n) is 5.15. The Bertz CT molecular complexity index is 1050. The lowest BCUT2D eigenvalue weighted by molar-refractivity contribution is -0.142. The van der Waals surface area contributed by atoms with Gasteiger partial charge >= 0.3 is 12.1 Å². The third-order valence-corrected chi connectivity index (χ3v) is 7.08. The van der Waals surface area contributed by atoms with Gasteiger partial charge in [0.05, 0.1) is 6.42 Å². The van der Waals surface area contributed by atoms with Crippen LogP contribution in [0.1, 0.15) is 42.7 Å². The Morgan fingerprint density at radius 1 is 1.06 bits per heavy atom. The van der Waals surface area contributed by atoms with Gasteiger partial charge in [-0.05, 0) is 54.6 Å². The molecule has 1 fully saturated rings. The third kappa shape index (κ3) is 5.65. The molecule has 0 heterocycles. The summed E-state index contributed by atoms with van der Waals surface area (Å²) in [5.41, 5.74) is 4.14. The van der Waals surface area contributed by atoms with Crippen LogP contribution in [0.4, 0.5) is 4.79 Å². The Morgan fingerprint density at radius 2 is 1.66 bits per heavy atom. The number of ether oxygens (including phenoxy) is 1. The molecule has 8 nitrogen and oxygen atoms in total. The zero-order valence-corrected chi connectivity index (χ0v) is 20.3. The molecular weight excluding hydrogens is 446 g/mol. The first-order valence-corrected chi connectivity index (χ1v) is 12.0. The summed E-state index contributed by atoms with van der Waals surface area (Å²) < 4.78 is 5.61. The smallest absolute Gasteiger partial charge is 0.407 e. The van der Waals surface area contributed by atoms with Crippen molar-refractivity contribution >= 4 is 18.0 Å². The van der Waals surface area contributed by atoms with Crippen LogP contribution in [0.2, 0.25) is 0 Å². The molecule has 2 aliphatic rings. The number of rotatable bonds is 10. The monoisotopic (exact) mass is 479 g/mol. The van der Waals surface area contributed by atoms with Crippen molar-refractivity contribution in [2.75, 3.05) is 33.8 Å². The molecule has 0 radical (unpaired) electrons. The van der Waals surface area contributed by atoms with Crippen molar-refractivity contribution in [1.29, 1.82) is 0 Å². The number of amides is 2. The Morgan fingerprint density at radius 3 is 2.17 bits per heavy atom. The van der Waals surface area contributed by atoms with E-state index in [1.54, 1.807) is 0 Å². The van der Waals surface area contributed by atoms with Gasteiger partial charge in [0, 0.05) is 19.0 Å². The average Bonchev–Trinajstić information content (AvgIpc) is 3.12. The molecule has 186 valence electrons. The van der Waals surface area contributed by atoms with Gasteiger partial charge in [0.2, 0.25) is 5.91 Å². The maximum atomic E-state index is 12.9. The van der Waals surface area contributed by atoms with Gasteiger partial charge < -0.3 is 25.4 Å². The number of hydrogen-bond acceptors (Lipinski definition) is 5. The molecule has 0 aromatic heterocycles. The summed E-state index contributed by atoms with van der Waals surface area (Å²) in [4.78, 5) is 38.7. The number of hydrogen-bond donors (Lipinski definition) is 3. The highest BCUT2D eigenvalue weighted by atomic mass is 16.5. The van der Waals surface area contributed by atoms with Crippen LogP contribution in [0.25, 0.3) is 11.1 Å². The molecule has 2 amide bonds. The van der Waals surface area contributed by atoms with Crippen molar-refractivity contribution in [3.8, 4) is 11.1 Å². The second-order valence-corrected chi connectivity index (χ2v) is 9.93. The van der Waals surface area contributed by atoms with E-state index in [9.17, 15) is 19.5 Å². The number of aliphatic carboxylic acids is 1. The fourth-order valence-corrected chi connectivity index (χ4v) is 5.15. The van der Waals surface area contributed by atoms with Gasteiger partial charge in [-0.25, -0.2) is 4.79 Å². The van der Waals surface area contributed by atoms with E-state index in [0.717, 1.165) is 41.5 Å². The molecule has 2 aromatic rings. The van der Waals surface area contributed by atoms with Crippen LogP contribution in [-0.2, 0) is 14.3 Å². The van der Waals surface area contributed by atoms with Gasteiger partial charge in [-0.2, -0.15) is 0 Å². The Labute approximate surface area is 205 Å². The molecule has 3 N–H and O–H groups in total. The molecule has 0 unspecified atom stereocenters. The van der Waals surface area contributed by atoms with Crippen LogP contribution in [0.5, 0.6) is 0 Å². The highest BCUT2D eigenvalue weighted by Crippen LogP contribution is 2.45. The van der Waals surface area contributed by atoms with E-state index in [0.29, 0.717) is 6.54 Å². The second-order valence-electron chi connectivity index (χ2n) is 9.93. The first-order chi connectivity index (χ1) is 16.8. The minimum absolute atomic E-state index is 0.0332. The highest BCUT2D eigenvalue weighted by Gasteiger charge is 2.40. The van der Waals surface area contributed by atoms with Crippen molar-refractivity contribution < 1.29 is 24.2 Å². The highest BCUT2D eigenvalue weighted by molar-refractivity contribution is 5.86. The zero-order chi connectivity index (χ0) is 25.0. The number of carbonyl (C=O) groups excluding carboxylic acids is 2. The summed E-state index contributed by atoms with van der Waals surface area (Å²) in [5.74, 6) is -1.27. The standard InChI is InChI=1S/C27H33N3O5/c1-30(2)15-23(25(33)28-17-27(12-7-13-27)14-24(31)32)29-26(34)35-16-22-20-10-5-3-8-18(20)19-9-4-6-11-21(19)22/h3-6,8-11,22-23H,7,12-17H2,1-2H3,(H,28,33)(H,29,34)(H,31,32)/t23-/m0/s1. The number of carbonyl (C=O) groups is 3. The third-order valence-electron chi connectivity index (χ3n) is 7.08. The quantitative estimate of drug-likeness (QED) is 0.483. The fraction of sp³-hybridized carbons (Fsp3) is 0.444. The molecule has 1 atom stereocenters. The van der Waals surface area contributed by atoms with E-state index < -0.39 is 23.5 Å². The van der Waals surface area contributed by atoms with Crippen molar-refractivity contribution in [1.82, 2.24) is 15.5 Å². The lowest BCUT2D eigenvalue weighted by atomic mass is 9.66. The topological polar surface area (TPSA) is 108 Å². The van der Waals surface area contributed by atoms with Gasteiger partial charge in [-0.15, -0.1) is 0 Å². The Hall–Kier alpha value is -3.39. The van der Waals surface area contributed by atoms with E-state index in [-0.39, 0.29) is 31.4 Å². The van der Waals surface area contributed by atoms with Crippen LogP contribution in [0.3, 0.4) is 0 Å². The summed E-state index contributed by atoms with van der Waals surface area (Å²) in [5, 5.41) is 14.8. The molecular formula is C27H33N3O5. The van der Waals surface area contributed by atoms with Crippen LogP contribution in [0.15, 0.2) is 48.5 Å². The van der Waals surface area contributed by atoms with E-state index >= 15 is 0 Å². The van der Waals surface area contributed by atoms with Crippen molar-refractivity contribution in [2.24, 2.45) is 5.41 Å². The minimum atomic E-state index is -0.861. The van der Waals surface area contributed by atoms with Crippen molar-refractivity contribution in [3.63, 3.8) is 0 Å². The zero-order valence-electron chi connectivity index (χ0n) is 20.3.